The van der Waals surface area contributed by atoms with Crippen LogP contribution < -0.4 is 5.32 Å². The van der Waals surface area contributed by atoms with Crippen molar-refractivity contribution in [3.8, 4) is 0 Å². The van der Waals surface area contributed by atoms with Gasteiger partial charge in [0, 0.05) is 66.3 Å². The van der Waals surface area contributed by atoms with Crippen molar-refractivity contribution in [1.29, 1.82) is 5.41 Å². The van der Waals surface area contributed by atoms with Crippen LogP contribution in [0, 0.1) is 22.5 Å². The number of hydrogen-bond donors (Lipinski definition) is 2. The molecule has 1 aromatic heterocycles. The third-order valence-electron chi connectivity index (χ3n) is 9.37. The molecule has 266 valence electrons. The summed E-state index contributed by atoms with van der Waals surface area (Å²) in [7, 11) is 4.56. The van der Waals surface area contributed by atoms with E-state index in [2.05, 4.69) is 46.4 Å². The zero-order valence-corrected chi connectivity index (χ0v) is 33.6. The first-order valence-electron chi connectivity index (χ1n) is 16.6. The standard InChI is InChI=1S/C38H43F2IN4O2S3/c1-37(2)16-7-17-38(3,25-9-6-8-24(20-25)10-13-33(46)47-5)36(42)44-35(43-4)29-21-26(11-12-30(29)39)49-34-28(15-19-48-23-37)27-14-18-45(50-41)32(27)22-31(34)40/h6,8-9,11-12,14,18,20-22H,7,10,13,15-17,19,23H2,1-5H3,(H2,42,43,44)/t38-/m1/s1. The van der Waals surface area contributed by atoms with E-state index in [4.69, 9.17) is 9.73 Å². The number of halogens is 3. The average molecular weight is 849 g/mol. The summed E-state index contributed by atoms with van der Waals surface area (Å²) in [6.07, 6.45) is 5.90. The van der Waals surface area contributed by atoms with E-state index in [-0.39, 0.29) is 40.9 Å². The Morgan fingerprint density at radius 3 is 2.66 bits per heavy atom. The van der Waals surface area contributed by atoms with Gasteiger partial charge in [0.05, 0.1) is 28.5 Å². The second-order valence-electron chi connectivity index (χ2n) is 13.5. The minimum atomic E-state index is -0.791. The highest BCUT2D eigenvalue weighted by atomic mass is 127. The maximum atomic E-state index is 16.0. The molecule has 0 fully saturated rings. The van der Waals surface area contributed by atoms with Gasteiger partial charge in [-0.15, -0.1) is 0 Å². The summed E-state index contributed by atoms with van der Waals surface area (Å²) in [6, 6.07) is 16.4. The molecule has 2 N–H and O–H groups in total. The van der Waals surface area contributed by atoms with Crippen LogP contribution in [0.25, 0.3) is 10.9 Å². The number of benzene rings is 3. The lowest BCUT2D eigenvalue weighted by Gasteiger charge is -2.32. The summed E-state index contributed by atoms with van der Waals surface area (Å²) in [5, 5.41) is 13.5. The van der Waals surface area contributed by atoms with Crippen molar-refractivity contribution >= 4 is 82.4 Å². The van der Waals surface area contributed by atoms with Crippen LogP contribution in [0.4, 0.5) is 8.78 Å². The molecular weight excluding hydrogens is 806 g/mol. The number of methoxy groups -OCH3 is 1. The SMILES string of the molecule is CN/C1=N\C(=N)[C@@](C)(c2cccc(CCC(=O)OC)c2)CCCC(C)(C)CSCCc2c(c(F)cc3c2ccn3SI)Sc2ccc(F)c1c2. The highest BCUT2D eigenvalue weighted by molar-refractivity contribution is 14.2. The molecule has 1 atom stereocenters. The van der Waals surface area contributed by atoms with Crippen LogP contribution in [0.5, 0.6) is 0 Å². The van der Waals surface area contributed by atoms with Crippen LogP contribution in [0.15, 0.2) is 75.6 Å². The molecule has 0 spiro atoms. The maximum Gasteiger partial charge on any atom is 0.305 e. The lowest BCUT2D eigenvalue weighted by Crippen LogP contribution is -2.34. The molecule has 0 amide bonds. The van der Waals surface area contributed by atoms with Gasteiger partial charge in [-0.2, -0.15) is 11.8 Å². The summed E-state index contributed by atoms with van der Waals surface area (Å²) in [5.41, 5.74) is 3.14. The van der Waals surface area contributed by atoms with Gasteiger partial charge in [0.15, 0.2) is 0 Å². The van der Waals surface area contributed by atoms with Gasteiger partial charge in [-0.25, -0.2) is 13.8 Å². The van der Waals surface area contributed by atoms with E-state index in [1.165, 1.54) is 34.1 Å². The molecule has 2 bridgehead atoms. The predicted octanol–water partition coefficient (Wildman–Crippen LogP) is 10.4. The number of ether oxygens (including phenoxy) is 1. The number of aliphatic imine (C=N–C) groups is 1. The highest BCUT2D eigenvalue weighted by Gasteiger charge is 2.34. The Kier molecular flexibility index (Phi) is 13.0. The summed E-state index contributed by atoms with van der Waals surface area (Å²) in [5.74, 6) is 1.06. The molecule has 1 aliphatic rings. The molecular formula is C38H43F2IN4O2S3. The summed E-state index contributed by atoms with van der Waals surface area (Å²) in [4.78, 5) is 17.9. The monoisotopic (exact) mass is 848 g/mol. The Morgan fingerprint density at radius 2 is 1.92 bits per heavy atom. The molecule has 6 nitrogen and oxygen atoms in total. The Bertz CT molecular complexity index is 1910. The van der Waals surface area contributed by atoms with Crippen molar-refractivity contribution in [2.24, 2.45) is 10.4 Å². The smallest absolute Gasteiger partial charge is 0.305 e. The van der Waals surface area contributed by atoms with Gasteiger partial charge in [0.2, 0.25) is 0 Å². The van der Waals surface area contributed by atoms with E-state index in [1.54, 1.807) is 25.2 Å². The lowest BCUT2D eigenvalue weighted by molar-refractivity contribution is -0.140. The second-order valence-corrected chi connectivity index (χ2v) is 17.4. The van der Waals surface area contributed by atoms with Gasteiger partial charge >= 0.3 is 5.97 Å². The first-order valence-corrected chi connectivity index (χ1v) is 21.9. The number of aryl methyl sites for hydroxylation is 2. The quantitative estimate of drug-likeness (QED) is 0.154. The van der Waals surface area contributed by atoms with Crippen molar-refractivity contribution in [3.05, 3.63) is 94.7 Å². The molecule has 0 saturated carbocycles. The van der Waals surface area contributed by atoms with E-state index < -0.39 is 11.2 Å². The van der Waals surface area contributed by atoms with Gasteiger partial charge in [0.1, 0.15) is 23.3 Å². The molecule has 0 radical (unpaired) electrons. The number of aromatic nitrogens is 1. The summed E-state index contributed by atoms with van der Waals surface area (Å²) < 4.78 is 38.4. The summed E-state index contributed by atoms with van der Waals surface area (Å²) >= 11 is 5.39. The Labute approximate surface area is 318 Å². The molecule has 5 rings (SSSR count). The highest BCUT2D eigenvalue weighted by Crippen LogP contribution is 2.41. The number of hydrogen-bond acceptors (Lipinski definition) is 7. The predicted molar refractivity (Wildman–Crippen MR) is 216 cm³/mol. The average Bonchev–Trinajstić information content (AvgIpc) is 3.51. The van der Waals surface area contributed by atoms with Crippen LogP contribution in [0.1, 0.15) is 68.7 Å². The van der Waals surface area contributed by atoms with Crippen molar-refractivity contribution < 1.29 is 18.3 Å². The number of nitrogens with one attached hydrogen (secondary N) is 2. The van der Waals surface area contributed by atoms with Gasteiger partial charge < -0.3 is 10.1 Å². The lowest BCUT2D eigenvalue weighted by atomic mass is 9.75. The summed E-state index contributed by atoms with van der Waals surface area (Å²) in [6.45, 7) is 6.58. The van der Waals surface area contributed by atoms with Gasteiger partial charge in [-0.1, -0.05) is 56.3 Å². The number of esters is 1. The van der Waals surface area contributed by atoms with Crippen molar-refractivity contribution in [2.75, 3.05) is 25.7 Å². The van der Waals surface area contributed by atoms with Crippen LogP contribution in [0.3, 0.4) is 0 Å². The molecule has 1 aliphatic heterocycles. The number of carbonyl (C=O) groups excluding carboxylic acids is 1. The van der Waals surface area contributed by atoms with Crippen molar-refractivity contribution in [1.82, 2.24) is 9.29 Å². The van der Waals surface area contributed by atoms with Crippen LogP contribution in [-0.2, 0) is 27.8 Å². The van der Waals surface area contributed by atoms with Crippen LogP contribution in [-0.4, -0.2) is 47.3 Å². The third kappa shape index (κ3) is 8.90. The normalized spacial score (nSPS) is 19.9. The van der Waals surface area contributed by atoms with Crippen LogP contribution in [0.2, 0.25) is 0 Å². The topological polar surface area (TPSA) is 79.5 Å². The molecule has 2 heterocycles. The minimum absolute atomic E-state index is 0.0254. The number of nitrogens with zero attached hydrogens (tertiary/aromatic N) is 2. The Hall–Kier alpha value is -2.55. The van der Waals surface area contributed by atoms with E-state index in [1.807, 2.05) is 53.1 Å². The van der Waals surface area contributed by atoms with E-state index >= 15 is 8.78 Å². The second kappa shape index (κ2) is 16.9. The van der Waals surface area contributed by atoms with Crippen LogP contribution >= 0.6 is 53.8 Å². The van der Waals surface area contributed by atoms with E-state index in [9.17, 15) is 10.2 Å². The first-order chi connectivity index (χ1) is 23.9. The van der Waals surface area contributed by atoms with Gasteiger partial charge in [0.25, 0.3) is 0 Å². The third-order valence-corrected chi connectivity index (χ3v) is 13.7. The fourth-order valence-electron chi connectivity index (χ4n) is 6.38. The number of fused-ring (bicyclic) bond motifs is 5. The minimum Gasteiger partial charge on any atom is -0.469 e. The van der Waals surface area contributed by atoms with E-state index in [0.717, 1.165) is 51.9 Å². The Morgan fingerprint density at radius 1 is 1.12 bits per heavy atom. The molecule has 0 aliphatic carbocycles. The van der Waals surface area contributed by atoms with Gasteiger partial charge in [-0.3, -0.25) is 14.2 Å². The molecule has 0 unspecified atom stereocenters. The number of thioether (sulfide) groups is 1. The fraction of sp³-hybridized carbons (Fsp3) is 0.395. The largest absolute Gasteiger partial charge is 0.469 e. The van der Waals surface area contributed by atoms with Gasteiger partial charge in [-0.05, 0) is 90.5 Å². The van der Waals surface area contributed by atoms with Crippen molar-refractivity contribution in [3.63, 3.8) is 0 Å². The fourth-order valence-corrected chi connectivity index (χ4v) is 9.97. The number of carbonyl (C=O) groups is 1. The molecule has 0 saturated heterocycles. The zero-order valence-electron chi connectivity index (χ0n) is 29.0. The maximum absolute atomic E-state index is 16.0. The first kappa shape index (κ1) is 38.7. The molecule has 4 aromatic rings. The number of rotatable bonds is 5. The molecule has 3 aromatic carbocycles. The zero-order chi connectivity index (χ0) is 36.1. The number of amidine groups is 2. The van der Waals surface area contributed by atoms with Crippen molar-refractivity contribution in [2.45, 2.75) is 74.5 Å². The molecule has 50 heavy (non-hydrogen) atoms. The van der Waals surface area contributed by atoms with E-state index in [0.29, 0.717) is 29.1 Å². The molecule has 12 heteroatoms. The Balaban J connectivity index is 1.60.